The minimum atomic E-state index is -3.82. The number of hydrazine groups is 1. The standard InChI is InChI=1S/C11H18N4O4S2/c1-11(2,20-3)7-13-21(18,19)8-4-5-9(14-12)10(6-8)15(16)17/h4-6,13-14H,7,12H2,1-3H3. The lowest BCUT2D eigenvalue weighted by Gasteiger charge is -2.22. The van der Waals surface area contributed by atoms with E-state index in [1.165, 1.54) is 23.9 Å². The summed E-state index contributed by atoms with van der Waals surface area (Å²) in [5, 5.41) is 10.9. The quantitative estimate of drug-likeness (QED) is 0.389. The largest absolute Gasteiger partial charge is 0.318 e. The number of nitro groups is 1. The van der Waals surface area contributed by atoms with Crippen molar-refractivity contribution >= 4 is 33.2 Å². The van der Waals surface area contributed by atoms with E-state index in [2.05, 4.69) is 10.1 Å². The van der Waals surface area contributed by atoms with E-state index in [-0.39, 0.29) is 21.9 Å². The Morgan fingerprint density at radius 3 is 2.52 bits per heavy atom. The van der Waals surface area contributed by atoms with Crippen molar-refractivity contribution in [3.05, 3.63) is 28.3 Å². The van der Waals surface area contributed by atoms with Crippen molar-refractivity contribution in [2.45, 2.75) is 23.5 Å². The molecule has 0 spiro atoms. The van der Waals surface area contributed by atoms with Crippen molar-refractivity contribution in [1.82, 2.24) is 4.72 Å². The van der Waals surface area contributed by atoms with Crippen LogP contribution in [-0.4, -0.2) is 30.9 Å². The smallest absolute Gasteiger partial charge is 0.294 e. The van der Waals surface area contributed by atoms with Gasteiger partial charge >= 0.3 is 0 Å². The summed E-state index contributed by atoms with van der Waals surface area (Å²) in [5.41, 5.74) is 1.81. The first-order valence-corrected chi connectivity index (χ1v) is 8.63. The normalized spacial score (nSPS) is 12.2. The minimum absolute atomic E-state index is 0.0448. The molecule has 1 rings (SSSR count). The fourth-order valence-electron chi connectivity index (χ4n) is 1.38. The van der Waals surface area contributed by atoms with Crippen LogP contribution in [-0.2, 0) is 10.0 Å². The van der Waals surface area contributed by atoms with Crippen LogP contribution in [0.4, 0.5) is 11.4 Å². The third-order valence-corrected chi connectivity index (χ3v) is 5.52. The summed E-state index contributed by atoms with van der Waals surface area (Å²) >= 11 is 1.52. The zero-order valence-electron chi connectivity index (χ0n) is 11.9. The van der Waals surface area contributed by atoms with E-state index in [0.717, 1.165) is 6.07 Å². The Morgan fingerprint density at radius 2 is 2.05 bits per heavy atom. The van der Waals surface area contributed by atoms with Gasteiger partial charge in [-0.2, -0.15) is 11.8 Å². The van der Waals surface area contributed by atoms with Crippen molar-refractivity contribution in [3.8, 4) is 0 Å². The highest BCUT2D eigenvalue weighted by molar-refractivity contribution is 8.00. The van der Waals surface area contributed by atoms with Crippen LogP contribution >= 0.6 is 11.8 Å². The van der Waals surface area contributed by atoms with Crippen molar-refractivity contribution < 1.29 is 13.3 Å². The molecule has 0 fully saturated rings. The second-order valence-corrected chi connectivity index (χ2v) is 8.15. The van der Waals surface area contributed by atoms with Crippen LogP contribution in [0.15, 0.2) is 23.1 Å². The molecule has 0 heterocycles. The number of rotatable bonds is 7. The highest BCUT2D eigenvalue weighted by Gasteiger charge is 2.24. The van der Waals surface area contributed by atoms with Crippen LogP contribution in [0.1, 0.15) is 13.8 Å². The summed E-state index contributed by atoms with van der Waals surface area (Å²) in [6.45, 7) is 4.00. The maximum atomic E-state index is 12.2. The van der Waals surface area contributed by atoms with E-state index in [1.807, 2.05) is 20.1 Å². The maximum Gasteiger partial charge on any atom is 0.294 e. The number of nitrogens with one attached hydrogen (secondary N) is 2. The Kier molecular flexibility index (Phi) is 5.56. The van der Waals surface area contributed by atoms with Crippen molar-refractivity contribution in [2.75, 3.05) is 18.2 Å². The number of hydrogen-bond donors (Lipinski definition) is 3. The summed E-state index contributed by atoms with van der Waals surface area (Å²) < 4.78 is 26.5. The van der Waals surface area contributed by atoms with E-state index >= 15 is 0 Å². The summed E-state index contributed by atoms with van der Waals surface area (Å²) in [6.07, 6.45) is 1.88. The molecule has 21 heavy (non-hydrogen) atoms. The van der Waals surface area contributed by atoms with Crippen LogP contribution < -0.4 is 16.0 Å². The van der Waals surface area contributed by atoms with Gasteiger partial charge in [-0.15, -0.1) is 0 Å². The van der Waals surface area contributed by atoms with Gasteiger partial charge in [-0.05, 0) is 32.2 Å². The lowest BCUT2D eigenvalue weighted by Crippen LogP contribution is -2.36. The van der Waals surface area contributed by atoms with Gasteiger partial charge in [0.25, 0.3) is 5.69 Å². The molecule has 10 heteroatoms. The molecule has 0 aromatic heterocycles. The number of hydrogen-bond acceptors (Lipinski definition) is 7. The van der Waals surface area contributed by atoms with Crippen LogP contribution in [0.3, 0.4) is 0 Å². The number of thioether (sulfide) groups is 1. The molecule has 0 radical (unpaired) electrons. The topological polar surface area (TPSA) is 127 Å². The number of nitrogens with zero attached hydrogens (tertiary/aromatic N) is 1. The molecule has 0 bridgehead atoms. The van der Waals surface area contributed by atoms with Gasteiger partial charge < -0.3 is 5.43 Å². The molecule has 0 aliphatic heterocycles. The molecule has 4 N–H and O–H groups in total. The predicted octanol–water partition coefficient (Wildman–Crippen LogP) is 1.30. The third kappa shape index (κ3) is 4.56. The fourth-order valence-corrected chi connectivity index (χ4v) is 2.92. The molecule has 0 amide bonds. The van der Waals surface area contributed by atoms with Crippen LogP contribution in [0.5, 0.6) is 0 Å². The Bertz CT molecular complexity index is 631. The highest BCUT2D eigenvalue weighted by Crippen LogP contribution is 2.27. The van der Waals surface area contributed by atoms with Gasteiger partial charge in [0.2, 0.25) is 10.0 Å². The Labute approximate surface area is 127 Å². The second-order valence-electron chi connectivity index (χ2n) is 4.87. The summed E-state index contributed by atoms with van der Waals surface area (Å²) in [7, 11) is -3.82. The molecule has 1 aromatic carbocycles. The second kappa shape index (κ2) is 6.60. The predicted molar refractivity (Wildman–Crippen MR) is 83.7 cm³/mol. The van der Waals surface area contributed by atoms with Crippen molar-refractivity contribution in [3.63, 3.8) is 0 Å². The molecule has 0 unspecified atom stereocenters. The van der Waals surface area contributed by atoms with Gasteiger partial charge in [0.15, 0.2) is 0 Å². The number of nitro benzene ring substituents is 1. The molecule has 0 saturated heterocycles. The molecule has 0 atom stereocenters. The van der Waals surface area contributed by atoms with Gasteiger partial charge in [-0.25, -0.2) is 13.1 Å². The van der Waals surface area contributed by atoms with Crippen LogP contribution in [0.2, 0.25) is 0 Å². The number of benzene rings is 1. The Morgan fingerprint density at radius 1 is 1.43 bits per heavy atom. The molecule has 0 aliphatic rings. The van der Waals surface area contributed by atoms with Crippen molar-refractivity contribution in [1.29, 1.82) is 0 Å². The highest BCUT2D eigenvalue weighted by atomic mass is 32.2. The fraction of sp³-hybridized carbons (Fsp3) is 0.455. The number of sulfonamides is 1. The van der Waals surface area contributed by atoms with E-state index in [0.29, 0.717) is 0 Å². The summed E-state index contributed by atoms with van der Waals surface area (Å²) in [4.78, 5) is 10.0. The van der Waals surface area contributed by atoms with Gasteiger partial charge in [0, 0.05) is 17.4 Å². The van der Waals surface area contributed by atoms with Crippen LogP contribution in [0, 0.1) is 10.1 Å². The average molecular weight is 334 g/mol. The first kappa shape index (κ1) is 17.7. The first-order valence-electron chi connectivity index (χ1n) is 5.93. The number of nitrogen functional groups attached to an aromatic ring is 1. The number of anilines is 1. The lowest BCUT2D eigenvalue weighted by atomic mass is 10.2. The van der Waals surface area contributed by atoms with Gasteiger partial charge in [0.05, 0.1) is 9.82 Å². The minimum Gasteiger partial charge on any atom is -0.318 e. The molecular weight excluding hydrogens is 316 g/mol. The summed E-state index contributed by atoms with van der Waals surface area (Å²) in [5.74, 6) is 5.16. The average Bonchev–Trinajstić information content (AvgIpc) is 2.44. The van der Waals surface area contributed by atoms with E-state index in [9.17, 15) is 18.5 Å². The van der Waals surface area contributed by atoms with E-state index in [4.69, 9.17) is 5.84 Å². The Hall–Kier alpha value is -1.36. The number of nitrogens with two attached hydrogens (primary N) is 1. The molecule has 0 saturated carbocycles. The lowest BCUT2D eigenvalue weighted by molar-refractivity contribution is -0.384. The zero-order valence-corrected chi connectivity index (χ0v) is 13.5. The molecule has 8 nitrogen and oxygen atoms in total. The molecule has 1 aromatic rings. The summed E-state index contributed by atoms with van der Waals surface area (Å²) in [6, 6.07) is 3.49. The molecule has 0 aliphatic carbocycles. The Balaban J connectivity index is 3.09. The maximum absolute atomic E-state index is 12.2. The SMILES string of the molecule is CSC(C)(C)CNS(=O)(=O)c1ccc(NN)c([N+](=O)[O-])c1. The van der Waals surface area contributed by atoms with Crippen molar-refractivity contribution in [2.24, 2.45) is 5.84 Å². The van der Waals surface area contributed by atoms with Crippen LogP contribution in [0.25, 0.3) is 0 Å². The third-order valence-electron chi connectivity index (χ3n) is 2.87. The first-order chi connectivity index (χ1) is 9.63. The van der Waals surface area contributed by atoms with E-state index < -0.39 is 20.6 Å². The van der Waals surface area contributed by atoms with E-state index in [1.54, 1.807) is 0 Å². The van der Waals surface area contributed by atoms with Gasteiger partial charge in [-0.3, -0.25) is 16.0 Å². The van der Waals surface area contributed by atoms with Gasteiger partial charge in [-0.1, -0.05) is 0 Å². The molecule has 118 valence electrons. The van der Waals surface area contributed by atoms with Gasteiger partial charge in [0.1, 0.15) is 5.69 Å². The molecular formula is C11H18N4O4S2. The zero-order chi connectivity index (χ0) is 16.3. The monoisotopic (exact) mass is 334 g/mol.